The SMILES string of the molecule is FC(F)(F)Sc1cc(I)cc(CCCBr)c1. The molecule has 0 N–H and O–H groups in total. The number of benzene rings is 1. The Morgan fingerprint density at radius 1 is 1.25 bits per heavy atom. The number of halogens is 5. The highest BCUT2D eigenvalue weighted by Crippen LogP contribution is 2.37. The molecule has 0 aliphatic heterocycles. The van der Waals surface area contributed by atoms with Crippen LogP contribution in [0.4, 0.5) is 13.2 Å². The summed E-state index contributed by atoms with van der Waals surface area (Å²) in [4.78, 5) is 0.268. The minimum Gasteiger partial charge on any atom is -0.160 e. The van der Waals surface area contributed by atoms with Crippen molar-refractivity contribution >= 4 is 50.3 Å². The summed E-state index contributed by atoms with van der Waals surface area (Å²) in [5.41, 5.74) is -3.25. The van der Waals surface area contributed by atoms with Crippen LogP contribution in [0.5, 0.6) is 0 Å². The van der Waals surface area contributed by atoms with Crippen LogP contribution in [-0.2, 0) is 6.42 Å². The molecule has 0 nitrogen and oxygen atoms in total. The Hall–Kier alpha value is 0.570. The zero-order valence-corrected chi connectivity index (χ0v) is 12.7. The molecule has 90 valence electrons. The Labute approximate surface area is 119 Å². The van der Waals surface area contributed by atoms with Crippen LogP contribution < -0.4 is 0 Å². The van der Waals surface area contributed by atoms with Crippen molar-refractivity contribution in [3.05, 3.63) is 27.3 Å². The van der Waals surface area contributed by atoms with E-state index in [0.29, 0.717) is 0 Å². The Bertz CT molecular complexity index is 354. The number of thioether (sulfide) groups is 1. The summed E-state index contributed by atoms with van der Waals surface area (Å²) >= 11 is 5.29. The summed E-state index contributed by atoms with van der Waals surface area (Å²) in [6.45, 7) is 0. The molecule has 0 radical (unpaired) electrons. The van der Waals surface area contributed by atoms with Gasteiger partial charge in [-0.25, -0.2) is 0 Å². The van der Waals surface area contributed by atoms with Crippen LogP contribution in [0.3, 0.4) is 0 Å². The average Bonchev–Trinajstić information content (AvgIpc) is 2.10. The third-order valence-electron chi connectivity index (χ3n) is 1.76. The number of hydrogen-bond acceptors (Lipinski definition) is 1. The Kier molecular flexibility index (Phi) is 5.93. The summed E-state index contributed by atoms with van der Waals surface area (Å²) in [7, 11) is 0. The number of alkyl halides is 4. The first kappa shape index (κ1) is 14.6. The summed E-state index contributed by atoms with van der Waals surface area (Å²) in [5, 5.41) is 0.861. The van der Waals surface area contributed by atoms with Crippen molar-refractivity contribution < 1.29 is 13.2 Å². The van der Waals surface area contributed by atoms with Gasteiger partial charge >= 0.3 is 5.51 Å². The molecule has 0 heterocycles. The largest absolute Gasteiger partial charge is 0.446 e. The smallest absolute Gasteiger partial charge is 0.160 e. The van der Waals surface area contributed by atoms with E-state index in [0.717, 1.165) is 27.3 Å². The second kappa shape index (κ2) is 6.49. The van der Waals surface area contributed by atoms with E-state index in [4.69, 9.17) is 0 Å². The number of aryl methyl sites for hydroxylation is 1. The molecule has 0 atom stereocenters. The molecule has 0 aromatic heterocycles. The van der Waals surface area contributed by atoms with E-state index in [1.807, 2.05) is 28.7 Å². The first-order valence-corrected chi connectivity index (χ1v) is 7.53. The van der Waals surface area contributed by atoms with E-state index in [1.165, 1.54) is 0 Å². The number of rotatable bonds is 4. The quantitative estimate of drug-likeness (QED) is 0.362. The third-order valence-corrected chi connectivity index (χ3v) is 3.65. The molecule has 1 rings (SSSR count). The molecule has 0 aliphatic carbocycles. The highest BCUT2D eigenvalue weighted by atomic mass is 127. The summed E-state index contributed by atoms with van der Waals surface area (Å²) in [6.07, 6.45) is 1.73. The van der Waals surface area contributed by atoms with Crippen molar-refractivity contribution in [1.29, 1.82) is 0 Å². The van der Waals surface area contributed by atoms with Gasteiger partial charge in [-0.05, 0) is 71.0 Å². The van der Waals surface area contributed by atoms with Gasteiger partial charge in [0.1, 0.15) is 0 Å². The van der Waals surface area contributed by atoms with Gasteiger partial charge in [-0.3, -0.25) is 0 Å². The molecule has 0 unspecified atom stereocenters. The fourth-order valence-corrected chi connectivity index (χ4v) is 3.12. The van der Waals surface area contributed by atoms with Crippen LogP contribution >= 0.6 is 50.3 Å². The van der Waals surface area contributed by atoms with Crippen LogP contribution in [0, 0.1) is 3.57 Å². The lowest BCUT2D eigenvalue weighted by molar-refractivity contribution is -0.0328. The molecule has 16 heavy (non-hydrogen) atoms. The molecule has 0 saturated carbocycles. The minimum atomic E-state index is -4.21. The summed E-state index contributed by atoms with van der Waals surface area (Å²) < 4.78 is 37.5. The highest BCUT2D eigenvalue weighted by molar-refractivity contribution is 14.1. The maximum Gasteiger partial charge on any atom is 0.446 e. The Morgan fingerprint density at radius 3 is 2.50 bits per heavy atom. The van der Waals surface area contributed by atoms with Crippen LogP contribution in [0.2, 0.25) is 0 Å². The lowest BCUT2D eigenvalue weighted by atomic mass is 10.1. The second-order valence-corrected chi connectivity index (χ2v) is 6.31. The molecule has 6 heteroatoms. The molecule has 1 aromatic rings. The first-order valence-electron chi connectivity index (χ1n) is 4.52. The van der Waals surface area contributed by atoms with Gasteiger partial charge in [-0.1, -0.05) is 15.9 Å². The molecule has 0 saturated heterocycles. The fourth-order valence-electron chi connectivity index (χ4n) is 1.23. The topological polar surface area (TPSA) is 0 Å². The van der Waals surface area contributed by atoms with Gasteiger partial charge in [0.15, 0.2) is 0 Å². The van der Waals surface area contributed by atoms with Crippen molar-refractivity contribution in [3.8, 4) is 0 Å². The van der Waals surface area contributed by atoms with E-state index in [-0.39, 0.29) is 16.7 Å². The normalized spacial score (nSPS) is 11.8. The van der Waals surface area contributed by atoms with E-state index >= 15 is 0 Å². The van der Waals surface area contributed by atoms with Gasteiger partial charge in [0.05, 0.1) is 0 Å². The molecular formula is C10H9BrF3IS. The minimum absolute atomic E-state index is 0.0540. The lowest BCUT2D eigenvalue weighted by Crippen LogP contribution is -1.99. The maximum atomic E-state index is 12.2. The monoisotopic (exact) mass is 424 g/mol. The van der Waals surface area contributed by atoms with Gasteiger partial charge in [0.2, 0.25) is 0 Å². The Balaban J connectivity index is 2.81. The summed E-state index contributed by atoms with van der Waals surface area (Å²) in [6, 6.07) is 5.09. The van der Waals surface area contributed by atoms with Gasteiger partial charge in [0, 0.05) is 13.8 Å². The van der Waals surface area contributed by atoms with Crippen molar-refractivity contribution in [2.45, 2.75) is 23.2 Å². The van der Waals surface area contributed by atoms with Crippen molar-refractivity contribution in [2.24, 2.45) is 0 Å². The molecule has 0 amide bonds. The lowest BCUT2D eigenvalue weighted by Gasteiger charge is -2.08. The van der Waals surface area contributed by atoms with E-state index < -0.39 is 5.51 Å². The van der Waals surface area contributed by atoms with Crippen LogP contribution in [0.25, 0.3) is 0 Å². The van der Waals surface area contributed by atoms with E-state index in [1.54, 1.807) is 12.1 Å². The van der Waals surface area contributed by atoms with Crippen molar-refractivity contribution in [3.63, 3.8) is 0 Å². The van der Waals surface area contributed by atoms with Crippen molar-refractivity contribution in [1.82, 2.24) is 0 Å². The molecule has 0 spiro atoms. The molecule has 0 bridgehead atoms. The molecular weight excluding hydrogens is 416 g/mol. The van der Waals surface area contributed by atoms with Gasteiger partial charge < -0.3 is 0 Å². The fraction of sp³-hybridized carbons (Fsp3) is 0.400. The average molecular weight is 425 g/mol. The first-order chi connectivity index (χ1) is 7.40. The van der Waals surface area contributed by atoms with Gasteiger partial charge in [0.25, 0.3) is 0 Å². The third kappa shape index (κ3) is 5.77. The zero-order chi connectivity index (χ0) is 12.2. The van der Waals surface area contributed by atoms with Gasteiger partial charge in [-0.2, -0.15) is 13.2 Å². The Morgan fingerprint density at radius 2 is 1.94 bits per heavy atom. The maximum absolute atomic E-state index is 12.2. The van der Waals surface area contributed by atoms with Crippen molar-refractivity contribution in [2.75, 3.05) is 5.33 Å². The predicted octanol–water partition coefficient (Wildman–Crippen LogP) is 5.23. The molecule has 0 fully saturated rings. The van der Waals surface area contributed by atoms with Gasteiger partial charge in [-0.15, -0.1) is 0 Å². The van der Waals surface area contributed by atoms with E-state index in [2.05, 4.69) is 15.9 Å². The predicted molar refractivity (Wildman–Crippen MR) is 73.2 cm³/mol. The highest BCUT2D eigenvalue weighted by Gasteiger charge is 2.29. The molecule has 1 aromatic carbocycles. The molecule has 0 aliphatic rings. The summed E-state index contributed by atoms with van der Waals surface area (Å²) in [5.74, 6) is 0. The zero-order valence-electron chi connectivity index (χ0n) is 8.15. The second-order valence-electron chi connectivity index (χ2n) is 3.14. The number of hydrogen-bond donors (Lipinski definition) is 0. The van der Waals surface area contributed by atoms with Crippen LogP contribution in [0.15, 0.2) is 23.1 Å². The van der Waals surface area contributed by atoms with Crippen LogP contribution in [-0.4, -0.2) is 10.8 Å². The van der Waals surface area contributed by atoms with Crippen LogP contribution in [0.1, 0.15) is 12.0 Å². The standard InChI is InChI=1S/C10H9BrF3IS/c11-3-1-2-7-4-8(15)6-9(5-7)16-10(12,13)14/h4-6H,1-3H2. The van der Waals surface area contributed by atoms with E-state index in [9.17, 15) is 13.2 Å².